The van der Waals surface area contributed by atoms with Crippen molar-refractivity contribution < 1.29 is 4.42 Å². The SMILES string of the molecule is CC(C)CCN(C1CC1)C(CN)c1occc1Br. The molecule has 1 heterocycles. The van der Waals surface area contributed by atoms with Gasteiger partial charge in [0, 0.05) is 12.6 Å². The molecule has 2 rings (SSSR count). The fourth-order valence-corrected chi connectivity index (χ4v) is 2.81. The second-order valence-corrected chi connectivity index (χ2v) is 6.39. The molecule has 0 bridgehead atoms. The summed E-state index contributed by atoms with van der Waals surface area (Å²) < 4.78 is 6.65. The van der Waals surface area contributed by atoms with Crippen molar-refractivity contribution in [2.45, 2.75) is 45.2 Å². The van der Waals surface area contributed by atoms with Gasteiger partial charge in [-0.05, 0) is 53.7 Å². The average molecular weight is 315 g/mol. The van der Waals surface area contributed by atoms with Crippen LogP contribution in [0.25, 0.3) is 0 Å². The Labute approximate surface area is 118 Å². The van der Waals surface area contributed by atoms with Crippen molar-refractivity contribution in [3.63, 3.8) is 0 Å². The van der Waals surface area contributed by atoms with Gasteiger partial charge in [0.25, 0.3) is 0 Å². The molecule has 0 aromatic carbocycles. The van der Waals surface area contributed by atoms with Gasteiger partial charge in [-0.1, -0.05) is 13.8 Å². The molecule has 3 nitrogen and oxygen atoms in total. The van der Waals surface area contributed by atoms with E-state index < -0.39 is 0 Å². The van der Waals surface area contributed by atoms with Crippen molar-refractivity contribution in [3.8, 4) is 0 Å². The fourth-order valence-electron chi connectivity index (χ4n) is 2.34. The van der Waals surface area contributed by atoms with E-state index in [0.717, 1.165) is 22.7 Å². The Bertz CT molecular complexity index is 374. The molecule has 0 spiro atoms. The van der Waals surface area contributed by atoms with Crippen molar-refractivity contribution in [1.82, 2.24) is 4.90 Å². The van der Waals surface area contributed by atoms with Gasteiger partial charge in [0.05, 0.1) is 16.8 Å². The number of halogens is 1. The molecule has 2 N–H and O–H groups in total. The van der Waals surface area contributed by atoms with Crippen LogP contribution in [0.5, 0.6) is 0 Å². The molecule has 4 heteroatoms. The second kappa shape index (κ2) is 6.22. The quantitative estimate of drug-likeness (QED) is 0.837. The highest BCUT2D eigenvalue weighted by Gasteiger charge is 2.35. The lowest BCUT2D eigenvalue weighted by Crippen LogP contribution is -2.36. The van der Waals surface area contributed by atoms with Crippen LogP contribution in [-0.4, -0.2) is 24.0 Å². The summed E-state index contributed by atoms with van der Waals surface area (Å²) >= 11 is 3.55. The van der Waals surface area contributed by atoms with Crippen LogP contribution in [-0.2, 0) is 0 Å². The molecule has 0 saturated heterocycles. The van der Waals surface area contributed by atoms with E-state index in [1.54, 1.807) is 6.26 Å². The number of nitrogens with zero attached hydrogens (tertiary/aromatic N) is 1. The predicted molar refractivity (Wildman–Crippen MR) is 77.4 cm³/mol. The number of hydrogen-bond acceptors (Lipinski definition) is 3. The van der Waals surface area contributed by atoms with Gasteiger partial charge in [-0.15, -0.1) is 0 Å². The maximum atomic E-state index is 5.98. The molecule has 0 aliphatic heterocycles. The molecule has 1 atom stereocenters. The normalized spacial score (nSPS) is 17.7. The van der Waals surface area contributed by atoms with Crippen molar-refractivity contribution in [1.29, 1.82) is 0 Å². The zero-order valence-corrected chi connectivity index (χ0v) is 12.8. The van der Waals surface area contributed by atoms with Gasteiger partial charge < -0.3 is 10.2 Å². The minimum absolute atomic E-state index is 0.209. The first-order chi connectivity index (χ1) is 8.63. The highest BCUT2D eigenvalue weighted by atomic mass is 79.9. The third kappa shape index (κ3) is 3.37. The Kier molecular flexibility index (Phi) is 4.87. The van der Waals surface area contributed by atoms with Crippen LogP contribution in [0.4, 0.5) is 0 Å². The Balaban J connectivity index is 2.09. The highest BCUT2D eigenvalue weighted by Crippen LogP contribution is 2.37. The second-order valence-electron chi connectivity index (χ2n) is 5.54. The van der Waals surface area contributed by atoms with Crippen LogP contribution in [0.1, 0.15) is 44.9 Å². The molecule has 18 heavy (non-hydrogen) atoms. The summed E-state index contributed by atoms with van der Waals surface area (Å²) in [5.41, 5.74) is 5.98. The molecule has 102 valence electrons. The first-order valence-electron chi connectivity index (χ1n) is 6.82. The van der Waals surface area contributed by atoms with Gasteiger partial charge in [0.2, 0.25) is 0 Å². The number of hydrogen-bond donors (Lipinski definition) is 1. The molecular formula is C14H23BrN2O. The van der Waals surface area contributed by atoms with E-state index in [1.807, 2.05) is 6.07 Å². The lowest BCUT2D eigenvalue weighted by Gasteiger charge is -2.30. The first-order valence-corrected chi connectivity index (χ1v) is 7.61. The lowest BCUT2D eigenvalue weighted by atomic mass is 10.1. The Morgan fingerprint density at radius 3 is 2.67 bits per heavy atom. The maximum absolute atomic E-state index is 5.98. The summed E-state index contributed by atoms with van der Waals surface area (Å²) in [4.78, 5) is 2.53. The van der Waals surface area contributed by atoms with Crippen molar-refractivity contribution in [2.75, 3.05) is 13.1 Å². The van der Waals surface area contributed by atoms with Crippen LogP contribution in [0, 0.1) is 5.92 Å². The van der Waals surface area contributed by atoms with Crippen LogP contribution >= 0.6 is 15.9 Å². The van der Waals surface area contributed by atoms with Crippen molar-refractivity contribution in [3.05, 3.63) is 22.6 Å². The van der Waals surface area contributed by atoms with Crippen LogP contribution in [0.2, 0.25) is 0 Å². The molecule has 1 aliphatic carbocycles. The molecule has 1 aromatic rings. The molecule has 1 aliphatic rings. The standard InChI is InChI=1S/C14H23BrN2O/c1-10(2)5-7-17(11-3-4-11)13(9-16)14-12(15)6-8-18-14/h6,8,10-11,13H,3-5,7,9,16H2,1-2H3. The summed E-state index contributed by atoms with van der Waals surface area (Å²) in [6, 6.07) is 2.86. The van der Waals surface area contributed by atoms with E-state index in [-0.39, 0.29) is 6.04 Å². The molecule has 1 fully saturated rings. The van der Waals surface area contributed by atoms with Gasteiger partial charge in [-0.25, -0.2) is 0 Å². The fraction of sp³-hybridized carbons (Fsp3) is 0.714. The molecule has 0 amide bonds. The van der Waals surface area contributed by atoms with E-state index in [2.05, 4.69) is 34.7 Å². The zero-order valence-electron chi connectivity index (χ0n) is 11.2. The Hall–Kier alpha value is -0.320. The predicted octanol–water partition coefficient (Wildman–Crippen LogP) is 3.55. The van der Waals surface area contributed by atoms with E-state index in [9.17, 15) is 0 Å². The van der Waals surface area contributed by atoms with Gasteiger partial charge in [-0.2, -0.15) is 0 Å². The van der Waals surface area contributed by atoms with Crippen LogP contribution < -0.4 is 5.73 Å². The monoisotopic (exact) mass is 314 g/mol. The minimum Gasteiger partial charge on any atom is -0.466 e. The lowest BCUT2D eigenvalue weighted by molar-refractivity contribution is 0.160. The van der Waals surface area contributed by atoms with E-state index in [1.165, 1.54) is 19.3 Å². The van der Waals surface area contributed by atoms with E-state index in [0.29, 0.717) is 12.6 Å². The number of furan rings is 1. The van der Waals surface area contributed by atoms with Crippen LogP contribution in [0.3, 0.4) is 0 Å². The highest BCUT2D eigenvalue weighted by molar-refractivity contribution is 9.10. The zero-order chi connectivity index (χ0) is 13.1. The van der Waals surface area contributed by atoms with Gasteiger partial charge in [0.1, 0.15) is 5.76 Å². The largest absolute Gasteiger partial charge is 0.466 e. The van der Waals surface area contributed by atoms with Gasteiger partial charge >= 0.3 is 0 Å². The van der Waals surface area contributed by atoms with Crippen molar-refractivity contribution >= 4 is 15.9 Å². The summed E-state index contributed by atoms with van der Waals surface area (Å²) in [6.45, 7) is 6.26. The first kappa shape index (κ1) is 14.1. The molecule has 0 radical (unpaired) electrons. The number of nitrogens with two attached hydrogens (primary N) is 1. The summed E-state index contributed by atoms with van der Waals surface area (Å²) in [5.74, 6) is 1.71. The Morgan fingerprint density at radius 1 is 1.50 bits per heavy atom. The summed E-state index contributed by atoms with van der Waals surface area (Å²) in [5, 5.41) is 0. The molecule has 1 unspecified atom stereocenters. The average Bonchev–Trinajstić information content (AvgIpc) is 3.08. The van der Waals surface area contributed by atoms with Crippen molar-refractivity contribution in [2.24, 2.45) is 11.7 Å². The minimum atomic E-state index is 0.209. The number of rotatable bonds is 7. The molecule has 1 saturated carbocycles. The van der Waals surface area contributed by atoms with E-state index in [4.69, 9.17) is 10.2 Å². The summed E-state index contributed by atoms with van der Waals surface area (Å²) in [7, 11) is 0. The van der Waals surface area contributed by atoms with Crippen LogP contribution in [0.15, 0.2) is 21.2 Å². The van der Waals surface area contributed by atoms with Gasteiger partial charge in [-0.3, -0.25) is 4.90 Å². The molecular weight excluding hydrogens is 292 g/mol. The smallest absolute Gasteiger partial charge is 0.136 e. The third-order valence-electron chi connectivity index (χ3n) is 3.55. The Morgan fingerprint density at radius 2 is 2.22 bits per heavy atom. The van der Waals surface area contributed by atoms with Gasteiger partial charge in [0.15, 0.2) is 0 Å². The summed E-state index contributed by atoms with van der Waals surface area (Å²) in [6.07, 6.45) is 5.54. The molecule has 1 aromatic heterocycles. The maximum Gasteiger partial charge on any atom is 0.136 e. The third-order valence-corrected chi connectivity index (χ3v) is 4.21. The van der Waals surface area contributed by atoms with E-state index >= 15 is 0 Å². The topological polar surface area (TPSA) is 42.4 Å².